The number of amides is 1. The molecule has 0 aliphatic carbocycles. The molecule has 0 atom stereocenters. The van der Waals surface area contributed by atoms with E-state index in [0.29, 0.717) is 5.56 Å². The third-order valence-corrected chi connectivity index (χ3v) is 3.90. The summed E-state index contributed by atoms with van der Waals surface area (Å²) in [7, 11) is 1.64. The number of benzene rings is 2. The van der Waals surface area contributed by atoms with E-state index in [1.165, 1.54) is 0 Å². The fourth-order valence-corrected chi connectivity index (χ4v) is 2.79. The second-order valence-corrected chi connectivity index (χ2v) is 5.31. The Hall–Kier alpha value is -2.94. The minimum atomic E-state index is -0.117. The van der Waals surface area contributed by atoms with Gasteiger partial charge in [0.2, 0.25) is 0 Å². The number of nitrogens with zero attached hydrogens (tertiary/aromatic N) is 1. The van der Waals surface area contributed by atoms with Crippen molar-refractivity contribution < 1.29 is 4.79 Å². The highest BCUT2D eigenvalue weighted by Gasteiger charge is 2.17. The highest BCUT2D eigenvalue weighted by molar-refractivity contribution is 6.03. The molecule has 0 saturated heterocycles. The normalized spacial score (nSPS) is 10.3. The van der Waals surface area contributed by atoms with Gasteiger partial charge in [-0.05, 0) is 35.2 Å². The Balaban J connectivity index is 2.26. The number of aromatic nitrogens is 1. The van der Waals surface area contributed by atoms with Gasteiger partial charge in [0, 0.05) is 13.2 Å². The average Bonchev–Trinajstić information content (AvgIpc) is 2.61. The molecule has 114 valence electrons. The van der Waals surface area contributed by atoms with Crippen molar-refractivity contribution >= 4 is 5.91 Å². The quantitative estimate of drug-likeness (QED) is 0.792. The maximum absolute atomic E-state index is 12.3. The van der Waals surface area contributed by atoms with Crippen LogP contribution in [0.3, 0.4) is 0 Å². The van der Waals surface area contributed by atoms with E-state index < -0.39 is 0 Å². The van der Waals surface area contributed by atoms with Gasteiger partial charge in [0.25, 0.3) is 5.91 Å². The van der Waals surface area contributed by atoms with Crippen molar-refractivity contribution in [1.82, 2.24) is 10.3 Å². The van der Waals surface area contributed by atoms with Gasteiger partial charge in [-0.3, -0.25) is 9.78 Å². The Morgan fingerprint density at radius 3 is 2.22 bits per heavy atom. The van der Waals surface area contributed by atoms with E-state index >= 15 is 0 Å². The van der Waals surface area contributed by atoms with Crippen molar-refractivity contribution in [1.29, 1.82) is 0 Å². The molecular formula is C20H18N2O. The van der Waals surface area contributed by atoms with E-state index in [1.807, 2.05) is 49.4 Å². The van der Waals surface area contributed by atoms with Crippen molar-refractivity contribution in [3.8, 4) is 22.3 Å². The Morgan fingerprint density at radius 2 is 1.52 bits per heavy atom. The number of carbonyl (C=O) groups excluding carboxylic acids is 1. The van der Waals surface area contributed by atoms with E-state index in [2.05, 4.69) is 28.5 Å². The molecule has 0 radical (unpaired) electrons. The average molecular weight is 302 g/mol. The molecule has 3 aromatic rings. The van der Waals surface area contributed by atoms with Gasteiger partial charge in [0.1, 0.15) is 0 Å². The van der Waals surface area contributed by atoms with Gasteiger partial charge in [0.05, 0.1) is 11.3 Å². The molecule has 0 fully saturated rings. The first-order valence-electron chi connectivity index (χ1n) is 7.55. The molecule has 0 saturated carbocycles. The largest absolute Gasteiger partial charge is 0.355 e. The van der Waals surface area contributed by atoms with Crippen LogP contribution >= 0.6 is 0 Å². The molecule has 1 amide bonds. The lowest BCUT2D eigenvalue weighted by Gasteiger charge is -2.14. The van der Waals surface area contributed by atoms with E-state index in [1.54, 1.807) is 13.2 Å². The van der Waals surface area contributed by atoms with Gasteiger partial charge >= 0.3 is 0 Å². The van der Waals surface area contributed by atoms with Gasteiger partial charge in [0.15, 0.2) is 0 Å². The van der Waals surface area contributed by atoms with E-state index in [0.717, 1.165) is 27.9 Å². The number of aryl methyl sites for hydroxylation is 1. The van der Waals surface area contributed by atoms with Crippen LogP contribution in [0.25, 0.3) is 22.3 Å². The number of carbonyl (C=O) groups is 1. The molecular weight excluding hydrogens is 284 g/mol. The zero-order valence-corrected chi connectivity index (χ0v) is 13.2. The second-order valence-electron chi connectivity index (χ2n) is 5.31. The molecule has 0 bridgehead atoms. The Morgan fingerprint density at radius 1 is 0.870 bits per heavy atom. The molecule has 3 nitrogen and oxygen atoms in total. The van der Waals surface area contributed by atoms with Crippen LogP contribution in [0.5, 0.6) is 0 Å². The monoisotopic (exact) mass is 302 g/mol. The van der Waals surface area contributed by atoms with Crippen LogP contribution in [0.15, 0.2) is 66.9 Å². The molecule has 1 aromatic heterocycles. The number of hydrogen-bond donors (Lipinski definition) is 1. The van der Waals surface area contributed by atoms with Crippen molar-refractivity contribution in [3.63, 3.8) is 0 Å². The van der Waals surface area contributed by atoms with Crippen LogP contribution in [0.4, 0.5) is 0 Å². The van der Waals surface area contributed by atoms with Gasteiger partial charge in [-0.15, -0.1) is 0 Å². The molecule has 0 spiro atoms. The van der Waals surface area contributed by atoms with Crippen LogP contribution in [0.1, 0.15) is 16.1 Å². The van der Waals surface area contributed by atoms with Gasteiger partial charge in [-0.25, -0.2) is 0 Å². The Labute approximate surface area is 136 Å². The zero-order chi connectivity index (χ0) is 16.2. The smallest absolute Gasteiger partial charge is 0.253 e. The Bertz CT molecular complexity index is 841. The topological polar surface area (TPSA) is 42.0 Å². The highest BCUT2D eigenvalue weighted by Crippen LogP contribution is 2.34. The zero-order valence-electron chi connectivity index (χ0n) is 13.2. The summed E-state index contributed by atoms with van der Waals surface area (Å²) in [5.41, 5.74) is 5.51. The van der Waals surface area contributed by atoms with Crippen LogP contribution in [0, 0.1) is 6.92 Å². The van der Waals surface area contributed by atoms with Crippen molar-refractivity contribution in [2.75, 3.05) is 7.05 Å². The first-order chi connectivity index (χ1) is 11.2. The lowest BCUT2D eigenvalue weighted by atomic mass is 9.91. The third kappa shape index (κ3) is 2.86. The SMILES string of the molecule is CNC(=O)c1c(-c2ccccc2-c2ccccc2)ccnc1C. The number of pyridine rings is 1. The lowest BCUT2D eigenvalue weighted by Crippen LogP contribution is -2.20. The van der Waals surface area contributed by atoms with Gasteiger partial charge < -0.3 is 5.32 Å². The first-order valence-corrected chi connectivity index (χ1v) is 7.55. The predicted octanol–water partition coefficient (Wildman–Crippen LogP) is 4.08. The predicted molar refractivity (Wildman–Crippen MR) is 93.2 cm³/mol. The number of hydrogen-bond acceptors (Lipinski definition) is 2. The highest BCUT2D eigenvalue weighted by atomic mass is 16.1. The standard InChI is InChI=1S/C20H18N2O/c1-14-19(20(23)21-2)18(12-13-22-14)17-11-7-6-10-16(17)15-8-4-3-5-9-15/h3-13H,1-2H3,(H,21,23). The number of rotatable bonds is 3. The summed E-state index contributed by atoms with van der Waals surface area (Å²) in [6.07, 6.45) is 1.75. The third-order valence-electron chi connectivity index (χ3n) is 3.90. The van der Waals surface area contributed by atoms with Crippen molar-refractivity contribution in [2.45, 2.75) is 6.92 Å². The first kappa shape index (κ1) is 15.0. The Kier molecular flexibility index (Phi) is 4.20. The molecule has 1 N–H and O–H groups in total. The van der Waals surface area contributed by atoms with E-state index in [4.69, 9.17) is 0 Å². The summed E-state index contributed by atoms with van der Waals surface area (Å²) in [6.45, 7) is 1.86. The summed E-state index contributed by atoms with van der Waals surface area (Å²) in [5.74, 6) is -0.117. The summed E-state index contributed by atoms with van der Waals surface area (Å²) in [6, 6.07) is 20.2. The molecule has 0 aliphatic rings. The maximum Gasteiger partial charge on any atom is 0.253 e. The summed E-state index contributed by atoms with van der Waals surface area (Å²) in [5, 5.41) is 2.71. The van der Waals surface area contributed by atoms with E-state index in [9.17, 15) is 4.79 Å². The molecule has 0 unspecified atom stereocenters. The molecule has 23 heavy (non-hydrogen) atoms. The van der Waals surface area contributed by atoms with Gasteiger partial charge in [-0.1, -0.05) is 54.6 Å². The van der Waals surface area contributed by atoms with Crippen molar-refractivity contribution in [2.24, 2.45) is 0 Å². The fraction of sp³-hybridized carbons (Fsp3) is 0.100. The molecule has 2 aromatic carbocycles. The fourth-order valence-electron chi connectivity index (χ4n) is 2.79. The van der Waals surface area contributed by atoms with Crippen molar-refractivity contribution in [3.05, 3.63) is 78.1 Å². The maximum atomic E-state index is 12.3. The molecule has 3 heteroatoms. The minimum absolute atomic E-state index is 0.117. The van der Waals surface area contributed by atoms with Crippen LogP contribution in [-0.4, -0.2) is 17.9 Å². The van der Waals surface area contributed by atoms with Crippen LogP contribution in [-0.2, 0) is 0 Å². The summed E-state index contributed by atoms with van der Waals surface area (Å²) in [4.78, 5) is 16.6. The second kappa shape index (κ2) is 6.44. The summed E-state index contributed by atoms with van der Waals surface area (Å²) >= 11 is 0. The summed E-state index contributed by atoms with van der Waals surface area (Å²) < 4.78 is 0. The van der Waals surface area contributed by atoms with Gasteiger partial charge in [-0.2, -0.15) is 0 Å². The minimum Gasteiger partial charge on any atom is -0.355 e. The van der Waals surface area contributed by atoms with Crippen LogP contribution in [0.2, 0.25) is 0 Å². The molecule has 1 heterocycles. The van der Waals surface area contributed by atoms with Crippen LogP contribution < -0.4 is 5.32 Å². The molecule has 0 aliphatic heterocycles. The number of nitrogens with one attached hydrogen (secondary N) is 1. The molecule has 3 rings (SSSR count). The van der Waals surface area contributed by atoms with E-state index in [-0.39, 0.29) is 5.91 Å². The lowest BCUT2D eigenvalue weighted by molar-refractivity contribution is 0.0962.